The summed E-state index contributed by atoms with van der Waals surface area (Å²) in [6.07, 6.45) is 5.52. The smallest absolute Gasteiger partial charge is 0.214 e. The molecule has 2 saturated heterocycles. The topological polar surface area (TPSA) is 58.6 Å². The predicted molar refractivity (Wildman–Crippen MR) is 68.9 cm³/mol. The van der Waals surface area contributed by atoms with Crippen LogP contribution in [0.15, 0.2) is 0 Å². The van der Waals surface area contributed by atoms with Crippen LogP contribution in [0.3, 0.4) is 0 Å². The monoisotopic (exact) mass is 274 g/mol. The van der Waals surface area contributed by atoms with Gasteiger partial charge in [0.25, 0.3) is 0 Å². The van der Waals surface area contributed by atoms with Gasteiger partial charge >= 0.3 is 0 Å². The summed E-state index contributed by atoms with van der Waals surface area (Å²) in [5, 5.41) is 3.35. The first-order chi connectivity index (χ1) is 8.63. The number of sulfonamides is 1. The molecule has 2 heterocycles. The van der Waals surface area contributed by atoms with Crippen molar-refractivity contribution in [2.45, 2.75) is 50.4 Å². The zero-order valence-corrected chi connectivity index (χ0v) is 11.5. The maximum absolute atomic E-state index is 12.2. The van der Waals surface area contributed by atoms with Crippen molar-refractivity contribution >= 4 is 10.0 Å². The molecule has 6 heteroatoms. The Labute approximate surface area is 109 Å². The van der Waals surface area contributed by atoms with E-state index in [1.807, 2.05) is 0 Å². The number of hydrogen-bond acceptors (Lipinski definition) is 4. The Bertz CT molecular complexity index is 382. The molecule has 18 heavy (non-hydrogen) atoms. The molecule has 0 spiro atoms. The lowest BCUT2D eigenvalue weighted by atomic mass is 10.2. The number of nitrogens with one attached hydrogen (secondary N) is 1. The summed E-state index contributed by atoms with van der Waals surface area (Å²) in [6, 6.07) is 0.659. The first-order valence-electron chi connectivity index (χ1n) is 7.00. The highest BCUT2D eigenvalue weighted by Gasteiger charge is 2.38. The molecule has 0 radical (unpaired) electrons. The fraction of sp³-hybridized carbons (Fsp3) is 1.00. The lowest BCUT2D eigenvalue weighted by molar-refractivity contribution is -0.0114. The summed E-state index contributed by atoms with van der Waals surface area (Å²) >= 11 is 0. The Kier molecular flexibility index (Phi) is 3.62. The Morgan fingerprint density at radius 3 is 2.39 bits per heavy atom. The third-order valence-electron chi connectivity index (χ3n) is 3.99. The molecule has 2 aliphatic heterocycles. The van der Waals surface area contributed by atoms with Gasteiger partial charge in [-0.15, -0.1) is 0 Å². The summed E-state index contributed by atoms with van der Waals surface area (Å²) in [4.78, 5) is 0. The Morgan fingerprint density at radius 2 is 1.78 bits per heavy atom. The quantitative estimate of drug-likeness (QED) is 0.709. The average molecular weight is 274 g/mol. The third kappa shape index (κ3) is 3.04. The highest BCUT2D eigenvalue weighted by Crippen LogP contribution is 2.28. The summed E-state index contributed by atoms with van der Waals surface area (Å²) in [5.74, 6) is 0.270. The normalized spacial score (nSPS) is 32.9. The van der Waals surface area contributed by atoms with Crippen LogP contribution in [0.5, 0.6) is 0 Å². The molecule has 2 atom stereocenters. The molecule has 0 aromatic heterocycles. The molecule has 104 valence electrons. The van der Waals surface area contributed by atoms with E-state index >= 15 is 0 Å². The SMILES string of the molecule is O=S(=O)(CCCNC1CC1)N1CC2CCC(C1)O2. The van der Waals surface area contributed by atoms with Gasteiger partial charge in [0.05, 0.1) is 18.0 Å². The van der Waals surface area contributed by atoms with Gasteiger partial charge in [0.2, 0.25) is 10.0 Å². The van der Waals surface area contributed by atoms with Crippen molar-refractivity contribution in [3.05, 3.63) is 0 Å². The van der Waals surface area contributed by atoms with Gasteiger partial charge in [-0.2, -0.15) is 4.31 Å². The maximum Gasteiger partial charge on any atom is 0.214 e. The highest BCUT2D eigenvalue weighted by atomic mass is 32.2. The van der Waals surface area contributed by atoms with E-state index in [2.05, 4.69) is 5.32 Å². The molecule has 3 rings (SSSR count). The van der Waals surface area contributed by atoms with Crippen LogP contribution in [0.4, 0.5) is 0 Å². The number of rotatable bonds is 6. The third-order valence-corrected chi connectivity index (χ3v) is 5.88. The summed E-state index contributed by atoms with van der Waals surface area (Å²) < 4.78 is 31.7. The number of hydrogen-bond donors (Lipinski definition) is 1. The minimum Gasteiger partial charge on any atom is -0.372 e. The van der Waals surface area contributed by atoms with Crippen LogP contribution in [0.1, 0.15) is 32.1 Å². The van der Waals surface area contributed by atoms with Crippen LogP contribution in [0.25, 0.3) is 0 Å². The van der Waals surface area contributed by atoms with E-state index in [-0.39, 0.29) is 18.0 Å². The second kappa shape index (κ2) is 5.07. The van der Waals surface area contributed by atoms with Gasteiger partial charge in [0, 0.05) is 19.1 Å². The highest BCUT2D eigenvalue weighted by molar-refractivity contribution is 7.89. The van der Waals surface area contributed by atoms with Crippen molar-refractivity contribution in [2.24, 2.45) is 0 Å². The Hall–Kier alpha value is -0.170. The van der Waals surface area contributed by atoms with Crippen molar-refractivity contribution in [2.75, 3.05) is 25.4 Å². The van der Waals surface area contributed by atoms with Gasteiger partial charge in [-0.25, -0.2) is 8.42 Å². The maximum atomic E-state index is 12.2. The van der Waals surface area contributed by atoms with Crippen LogP contribution >= 0.6 is 0 Å². The fourth-order valence-electron chi connectivity index (χ4n) is 2.78. The molecular weight excluding hydrogens is 252 g/mol. The van der Waals surface area contributed by atoms with Crippen molar-refractivity contribution in [1.82, 2.24) is 9.62 Å². The first-order valence-corrected chi connectivity index (χ1v) is 8.61. The molecule has 1 saturated carbocycles. The standard InChI is InChI=1S/C12H22N2O3S/c15-18(16,7-1-6-13-10-2-3-10)14-8-11-4-5-12(9-14)17-11/h10-13H,1-9H2. The van der Waals surface area contributed by atoms with Crippen molar-refractivity contribution in [3.8, 4) is 0 Å². The lowest BCUT2D eigenvalue weighted by Gasteiger charge is -2.31. The van der Waals surface area contributed by atoms with Gasteiger partial charge in [-0.1, -0.05) is 0 Å². The summed E-state index contributed by atoms with van der Waals surface area (Å²) in [6.45, 7) is 1.95. The Balaban J connectivity index is 1.46. The molecule has 2 unspecified atom stereocenters. The van der Waals surface area contributed by atoms with Crippen LogP contribution in [0, 0.1) is 0 Å². The van der Waals surface area contributed by atoms with E-state index in [1.165, 1.54) is 12.8 Å². The van der Waals surface area contributed by atoms with Gasteiger partial charge in [0.15, 0.2) is 0 Å². The zero-order valence-electron chi connectivity index (χ0n) is 10.7. The molecular formula is C12H22N2O3S. The van der Waals surface area contributed by atoms with E-state index in [0.29, 0.717) is 25.6 Å². The van der Waals surface area contributed by atoms with Crippen LogP contribution < -0.4 is 5.32 Å². The second-order valence-electron chi connectivity index (χ2n) is 5.67. The molecule has 0 aromatic carbocycles. The second-order valence-corrected chi connectivity index (χ2v) is 7.76. The minimum absolute atomic E-state index is 0.142. The van der Waals surface area contributed by atoms with Crippen LogP contribution in [0.2, 0.25) is 0 Å². The van der Waals surface area contributed by atoms with Crippen molar-refractivity contribution in [3.63, 3.8) is 0 Å². The summed E-state index contributed by atoms with van der Waals surface area (Å²) in [7, 11) is -3.07. The molecule has 0 amide bonds. The minimum atomic E-state index is -3.07. The van der Waals surface area contributed by atoms with Gasteiger partial charge in [-0.05, 0) is 38.6 Å². The molecule has 0 aromatic rings. The number of nitrogens with zero attached hydrogens (tertiary/aromatic N) is 1. The van der Waals surface area contributed by atoms with Crippen LogP contribution in [-0.4, -0.2) is 56.4 Å². The van der Waals surface area contributed by atoms with E-state index in [1.54, 1.807) is 4.31 Å². The van der Waals surface area contributed by atoms with Crippen molar-refractivity contribution < 1.29 is 13.2 Å². The fourth-order valence-corrected chi connectivity index (χ4v) is 4.34. The number of fused-ring (bicyclic) bond motifs is 2. The lowest BCUT2D eigenvalue weighted by Crippen LogP contribution is -2.46. The molecule has 5 nitrogen and oxygen atoms in total. The van der Waals surface area contributed by atoms with E-state index in [0.717, 1.165) is 19.4 Å². The van der Waals surface area contributed by atoms with Gasteiger partial charge < -0.3 is 10.1 Å². The van der Waals surface area contributed by atoms with E-state index < -0.39 is 10.0 Å². The van der Waals surface area contributed by atoms with Gasteiger partial charge in [-0.3, -0.25) is 0 Å². The number of morpholine rings is 1. The molecule has 2 bridgehead atoms. The van der Waals surface area contributed by atoms with E-state index in [9.17, 15) is 8.42 Å². The molecule has 3 aliphatic rings. The zero-order chi connectivity index (χ0) is 12.6. The van der Waals surface area contributed by atoms with Gasteiger partial charge in [0.1, 0.15) is 0 Å². The average Bonchev–Trinajstić information content (AvgIpc) is 3.11. The first kappa shape index (κ1) is 12.8. The summed E-state index contributed by atoms with van der Waals surface area (Å²) in [5.41, 5.74) is 0. The Morgan fingerprint density at radius 1 is 1.11 bits per heavy atom. The van der Waals surface area contributed by atoms with E-state index in [4.69, 9.17) is 4.74 Å². The largest absolute Gasteiger partial charge is 0.372 e. The number of ether oxygens (including phenoxy) is 1. The molecule has 1 aliphatic carbocycles. The predicted octanol–water partition coefficient (Wildman–Crippen LogP) is 0.322. The van der Waals surface area contributed by atoms with Crippen molar-refractivity contribution in [1.29, 1.82) is 0 Å². The molecule has 1 N–H and O–H groups in total. The molecule has 3 fully saturated rings. The van der Waals surface area contributed by atoms with Crippen LogP contribution in [-0.2, 0) is 14.8 Å².